The van der Waals surface area contributed by atoms with Gasteiger partial charge in [-0.05, 0) is 43.4 Å². The number of fused-ring (bicyclic) bond motifs is 2. The second-order valence-corrected chi connectivity index (χ2v) is 7.04. The van der Waals surface area contributed by atoms with Gasteiger partial charge in [-0.3, -0.25) is 0 Å². The Bertz CT molecular complexity index is 276. The van der Waals surface area contributed by atoms with E-state index in [1.54, 1.807) is 0 Å². The first kappa shape index (κ1) is 11.0. The third kappa shape index (κ3) is 1.91. The van der Waals surface area contributed by atoms with Crippen molar-refractivity contribution in [3.63, 3.8) is 0 Å². The van der Waals surface area contributed by atoms with Crippen LogP contribution in [0.4, 0.5) is 0 Å². The maximum Gasteiger partial charge on any atom is 0.0733 e. The molecule has 2 saturated heterocycles. The van der Waals surface area contributed by atoms with E-state index in [0.29, 0.717) is 23.7 Å². The fourth-order valence-electron chi connectivity index (χ4n) is 4.21. The van der Waals surface area contributed by atoms with Gasteiger partial charge in [0.25, 0.3) is 0 Å². The molecule has 2 heterocycles. The van der Waals surface area contributed by atoms with E-state index < -0.39 is 0 Å². The Hall–Kier alpha value is -0.0800. The lowest BCUT2D eigenvalue weighted by molar-refractivity contribution is 0.0952. The molecule has 2 bridgehead atoms. The van der Waals surface area contributed by atoms with Gasteiger partial charge in [0.2, 0.25) is 0 Å². The molecule has 0 aromatic rings. The van der Waals surface area contributed by atoms with Crippen LogP contribution in [0.1, 0.15) is 52.9 Å². The average molecular weight is 223 g/mol. The third-order valence-electron chi connectivity index (χ3n) is 4.87. The second kappa shape index (κ2) is 3.71. The molecule has 0 spiro atoms. The van der Waals surface area contributed by atoms with Gasteiger partial charge in [-0.15, -0.1) is 0 Å². The number of ether oxygens (including phenoxy) is 1. The molecule has 3 rings (SSSR count). The minimum atomic E-state index is 0.529. The third-order valence-corrected chi connectivity index (χ3v) is 4.87. The fraction of sp³-hybridized carbons (Fsp3) is 1.00. The minimum absolute atomic E-state index is 0.529. The van der Waals surface area contributed by atoms with Crippen LogP contribution in [0.25, 0.3) is 0 Å². The van der Waals surface area contributed by atoms with E-state index in [1.165, 1.54) is 32.1 Å². The Labute approximate surface area is 99.1 Å². The summed E-state index contributed by atoms with van der Waals surface area (Å²) in [4.78, 5) is 0. The van der Waals surface area contributed by atoms with Gasteiger partial charge in [-0.1, -0.05) is 20.8 Å². The first-order valence-electron chi connectivity index (χ1n) is 6.95. The van der Waals surface area contributed by atoms with Crippen LogP contribution in [-0.4, -0.2) is 24.3 Å². The summed E-state index contributed by atoms with van der Waals surface area (Å²) in [7, 11) is 0. The van der Waals surface area contributed by atoms with Crippen molar-refractivity contribution in [1.29, 1.82) is 0 Å². The zero-order chi connectivity index (χ0) is 11.3. The maximum absolute atomic E-state index is 5.92. The molecule has 5 atom stereocenters. The first-order chi connectivity index (χ1) is 7.53. The van der Waals surface area contributed by atoms with Gasteiger partial charge in [0.05, 0.1) is 12.2 Å². The number of rotatable bonds is 2. The molecule has 92 valence electrons. The quantitative estimate of drug-likeness (QED) is 0.777. The molecule has 0 aromatic carbocycles. The molecule has 5 unspecified atom stereocenters. The van der Waals surface area contributed by atoms with Crippen molar-refractivity contribution in [1.82, 2.24) is 5.32 Å². The van der Waals surface area contributed by atoms with Crippen LogP contribution in [0.2, 0.25) is 0 Å². The summed E-state index contributed by atoms with van der Waals surface area (Å²) in [5.74, 6) is 0.828. The van der Waals surface area contributed by atoms with Crippen LogP contribution in [-0.2, 0) is 4.74 Å². The molecule has 0 radical (unpaired) electrons. The van der Waals surface area contributed by atoms with Crippen molar-refractivity contribution in [2.24, 2.45) is 11.3 Å². The number of nitrogens with one attached hydrogen (secondary N) is 1. The first-order valence-corrected chi connectivity index (χ1v) is 6.95. The SMILES string of the molecule is CC1CC(C)(C)CC1NC1CC2CCC1O2. The summed E-state index contributed by atoms with van der Waals surface area (Å²) in [6.45, 7) is 7.21. The predicted octanol–water partition coefficient (Wildman–Crippen LogP) is 2.72. The highest BCUT2D eigenvalue weighted by Crippen LogP contribution is 2.42. The molecule has 16 heavy (non-hydrogen) atoms. The molecule has 0 amide bonds. The topological polar surface area (TPSA) is 21.3 Å². The molecule has 2 aliphatic heterocycles. The summed E-state index contributed by atoms with van der Waals surface area (Å²) in [6.07, 6.45) is 7.65. The molecular formula is C14H25NO. The van der Waals surface area contributed by atoms with E-state index in [0.717, 1.165) is 12.0 Å². The fourth-order valence-corrected chi connectivity index (χ4v) is 4.21. The van der Waals surface area contributed by atoms with E-state index >= 15 is 0 Å². The van der Waals surface area contributed by atoms with Crippen molar-refractivity contribution in [2.45, 2.75) is 77.2 Å². The summed E-state index contributed by atoms with van der Waals surface area (Å²) in [5.41, 5.74) is 0.537. The summed E-state index contributed by atoms with van der Waals surface area (Å²) in [5, 5.41) is 3.89. The molecule has 3 fully saturated rings. The van der Waals surface area contributed by atoms with E-state index in [4.69, 9.17) is 4.74 Å². The van der Waals surface area contributed by atoms with Gasteiger partial charge < -0.3 is 10.1 Å². The van der Waals surface area contributed by atoms with Gasteiger partial charge in [-0.2, -0.15) is 0 Å². The highest BCUT2D eigenvalue weighted by atomic mass is 16.5. The van der Waals surface area contributed by atoms with Gasteiger partial charge in [0, 0.05) is 12.1 Å². The molecule has 2 nitrogen and oxygen atoms in total. The van der Waals surface area contributed by atoms with Crippen LogP contribution in [0.5, 0.6) is 0 Å². The van der Waals surface area contributed by atoms with E-state index in [-0.39, 0.29) is 0 Å². The van der Waals surface area contributed by atoms with Gasteiger partial charge >= 0.3 is 0 Å². The van der Waals surface area contributed by atoms with Crippen molar-refractivity contribution in [3.05, 3.63) is 0 Å². The van der Waals surface area contributed by atoms with Crippen LogP contribution in [0, 0.1) is 11.3 Å². The van der Waals surface area contributed by atoms with Crippen molar-refractivity contribution < 1.29 is 4.74 Å². The molecule has 1 saturated carbocycles. The molecule has 1 aliphatic carbocycles. The van der Waals surface area contributed by atoms with Crippen molar-refractivity contribution in [3.8, 4) is 0 Å². The highest BCUT2D eigenvalue weighted by molar-refractivity contribution is 4.99. The van der Waals surface area contributed by atoms with Crippen LogP contribution in [0.3, 0.4) is 0 Å². The molecule has 2 heteroatoms. The largest absolute Gasteiger partial charge is 0.373 e. The Kier molecular flexibility index (Phi) is 2.56. The smallest absolute Gasteiger partial charge is 0.0733 e. The maximum atomic E-state index is 5.92. The van der Waals surface area contributed by atoms with Crippen molar-refractivity contribution in [2.75, 3.05) is 0 Å². The predicted molar refractivity (Wildman–Crippen MR) is 65.4 cm³/mol. The van der Waals surface area contributed by atoms with Gasteiger partial charge in [0.15, 0.2) is 0 Å². The standard InChI is InChI=1S/C14H25NO/c1-9-7-14(2,3)8-12(9)15-11-6-10-4-5-13(11)16-10/h9-13,15H,4-8H2,1-3H3. The summed E-state index contributed by atoms with van der Waals surface area (Å²) in [6, 6.07) is 1.38. The Morgan fingerprint density at radius 2 is 1.94 bits per heavy atom. The second-order valence-electron chi connectivity index (χ2n) is 7.04. The normalized spacial score (nSPS) is 50.1. The highest BCUT2D eigenvalue weighted by Gasteiger charge is 2.44. The minimum Gasteiger partial charge on any atom is -0.373 e. The molecule has 1 N–H and O–H groups in total. The lowest BCUT2D eigenvalue weighted by Crippen LogP contribution is -2.45. The Morgan fingerprint density at radius 1 is 1.12 bits per heavy atom. The van der Waals surface area contributed by atoms with Crippen LogP contribution < -0.4 is 5.32 Å². The molecule has 0 aromatic heterocycles. The molecular weight excluding hydrogens is 198 g/mol. The lowest BCUT2D eigenvalue weighted by Gasteiger charge is -2.27. The number of hydrogen-bond acceptors (Lipinski definition) is 2. The van der Waals surface area contributed by atoms with E-state index in [1.807, 2.05) is 0 Å². The van der Waals surface area contributed by atoms with Crippen LogP contribution >= 0.6 is 0 Å². The van der Waals surface area contributed by atoms with Gasteiger partial charge in [0.1, 0.15) is 0 Å². The molecule has 3 aliphatic rings. The summed E-state index contributed by atoms with van der Waals surface area (Å²) >= 11 is 0. The van der Waals surface area contributed by atoms with Crippen molar-refractivity contribution >= 4 is 0 Å². The Balaban J connectivity index is 1.59. The monoisotopic (exact) mass is 223 g/mol. The van der Waals surface area contributed by atoms with E-state index in [2.05, 4.69) is 26.1 Å². The van der Waals surface area contributed by atoms with Gasteiger partial charge in [-0.25, -0.2) is 0 Å². The van der Waals surface area contributed by atoms with E-state index in [9.17, 15) is 0 Å². The summed E-state index contributed by atoms with van der Waals surface area (Å²) < 4.78 is 5.92. The zero-order valence-electron chi connectivity index (χ0n) is 10.8. The number of hydrogen-bond donors (Lipinski definition) is 1. The van der Waals surface area contributed by atoms with Crippen LogP contribution in [0.15, 0.2) is 0 Å². The zero-order valence-corrected chi connectivity index (χ0v) is 10.8. The lowest BCUT2D eigenvalue weighted by atomic mass is 9.91. The Morgan fingerprint density at radius 3 is 2.44 bits per heavy atom. The average Bonchev–Trinajstić information content (AvgIpc) is 2.81.